The van der Waals surface area contributed by atoms with E-state index in [1.807, 2.05) is 19.2 Å². The third-order valence-corrected chi connectivity index (χ3v) is 2.94. The van der Waals surface area contributed by atoms with Gasteiger partial charge in [0.2, 0.25) is 0 Å². The Morgan fingerprint density at radius 2 is 2.06 bits per heavy atom. The molecule has 0 aliphatic carbocycles. The van der Waals surface area contributed by atoms with Crippen LogP contribution in [0.15, 0.2) is 12.1 Å². The number of ether oxygens (including phenoxy) is 1. The van der Waals surface area contributed by atoms with Gasteiger partial charge in [-0.15, -0.1) is 0 Å². The second-order valence-electron chi connectivity index (χ2n) is 4.48. The van der Waals surface area contributed by atoms with Crippen molar-refractivity contribution in [3.63, 3.8) is 0 Å². The number of rotatable bonds is 6. The molecule has 0 unspecified atom stereocenters. The van der Waals surface area contributed by atoms with Crippen molar-refractivity contribution in [3.8, 4) is 5.75 Å². The summed E-state index contributed by atoms with van der Waals surface area (Å²) >= 11 is 6.11. The standard InChI is InChI=1S/C14H22ClNO/c1-5-6-7-17-14-12(10(2)3)8-11(15)9-13(14)16-4/h8-10,16H,5-7H2,1-4H3. The van der Waals surface area contributed by atoms with Crippen LogP contribution in [-0.2, 0) is 0 Å². The number of benzene rings is 1. The lowest BCUT2D eigenvalue weighted by atomic mass is 10.0. The number of hydrogen-bond acceptors (Lipinski definition) is 2. The average molecular weight is 256 g/mol. The number of halogens is 1. The van der Waals surface area contributed by atoms with E-state index in [0.717, 1.165) is 41.5 Å². The lowest BCUT2D eigenvalue weighted by Gasteiger charge is -2.18. The quantitative estimate of drug-likeness (QED) is 0.745. The van der Waals surface area contributed by atoms with E-state index in [4.69, 9.17) is 16.3 Å². The molecule has 0 fully saturated rings. The minimum atomic E-state index is 0.400. The summed E-state index contributed by atoms with van der Waals surface area (Å²) < 4.78 is 5.89. The Bertz CT molecular complexity index is 363. The van der Waals surface area contributed by atoms with Gasteiger partial charge in [0.05, 0.1) is 12.3 Å². The summed E-state index contributed by atoms with van der Waals surface area (Å²) in [5.41, 5.74) is 2.13. The summed E-state index contributed by atoms with van der Waals surface area (Å²) in [6, 6.07) is 3.91. The second kappa shape index (κ2) is 6.75. The topological polar surface area (TPSA) is 21.3 Å². The number of nitrogens with one attached hydrogen (secondary N) is 1. The summed E-state index contributed by atoms with van der Waals surface area (Å²) in [6.07, 6.45) is 2.21. The Balaban J connectivity index is 3.04. The van der Waals surface area contributed by atoms with Gasteiger partial charge >= 0.3 is 0 Å². The fourth-order valence-electron chi connectivity index (χ4n) is 1.71. The molecule has 0 bridgehead atoms. The molecule has 2 nitrogen and oxygen atoms in total. The highest BCUT2D eigenvalue weighted by atomic mass is 35.5. The maximum absolute atomic E-state index is 6.11. The Hall–Kier alpha value is -0.890. The SMILES string of the molecule is CCCCOc1c(NC)cc(Cl)cc1C(C)C. The molecule has 3 heteroatoms. The van der Waals surface area contributed by atoms with Crippen LogP contribution in [0.5, 0.6) is 5.75 Å². The zero-order valence-electron chi connectivity index (χ0n) is 11.1. The molecule has 0 aromatic heterocycles. The van der Waals surface area contributed by atoms with Gasteiger partial charge in [0.15, 0.2) is 0 Å². The van der Waals surface area contributed by atoms with Crippen molar-refractivity contribution in [3.05, 3.63) is 22.7 Å². The van der Waals surface area contributed by atoms with Gasteiger partial charge in [-0.3, -0.25) is 0 Å². The van der Waals surface area contributed by atoms with Gasteiger partial charge in [0.25, 0.3) is 0 Å². The zero-order chi connectivity index (χ0) is 12.8. The van der Waals surface area contributed by atoms with Gasteiger partial charge < -0.3 is 10.1 Å². The molecule has 0 atom stereocenters. The molecule has 0 aliphatic rings. The summed E-state index contributed by atoms with van der Waals surface area (Å²) in [5.74, 6) is 1.35. The van der Waals surface area contributed by atoms with Crippen molar-refractivity contribution in [2.75, 3.05) is 19.0 Å². The van der Waals surface area contributed by atoms with Crippen LogP contribution >= 0.6 is 11.6 Å². The fraction of sp³-hybridized carbons (Fsp3) is 0.571. The number of hydrogen-bond donors (Lipinski definition) is 1. The summed E-state index contributed by atoms with van der Waals surface area (Å²) in [5, 5.41) is 3.90. The lowest BCUT2D eigenvalue weighted by Crippen LogP contribution is -2.04. The van der Waals surface area contributed by atoms with Gasteiger partial charge in [-0.1, -0.05) is 38.8 Å². The molecule has 0 aliphatic heterocycles. The smallest absolute Gasteiger partial charge is 0.145 e. The first-order valence-electron chi connectivity index (χ1n) is 6.24. The number of anilines is 1. The van der Waals surface area contributed by atoms with Crippen molar-refractivity contribution < 1.29 is 4.74 Å². The predicted octanol–water partition coefficient (Wildman–Crippen LogP) is 4.68. The largest absolute Gasteiger partial charge is 0.491 e. The Kier molecular flexibility index (Phi) is 5.63. The minimum absolute atomic E-state index is 0.400. The molecule has 96 valence electrons. The molecule has 1 rings (SSSR count). The first-order chi connectivity index (χ1) is 8.10. The molecule has 1 aromatic carbocycles. The summed E-state index contributed by atoms with van der Waals surface area (Å²) in [7, 11) is 1.89. The third-order valence-electron chi connectivity index (χ3n) is 2.72. The molecular weight excluding hydrogens is 234 g/mol. The van der Waals surface area contributed by atoms with Crippen LogP contribution < -0.4 is 10.1 Å². The highest BCUT2D eigenvalue weighted by molar-refractivity contribution is 6.31. The highest BCUT2D eigenvalue weighted by Crippen LogP contribution is 2.36. The molecule has 1 aromatic rings. The van der Waals surface area contributed by atoms with Gasteiger partial charge in [0.1, 0.15) is 5.75 Å². The van der Waals surface area contributed by atoms with Gasteiger partial charge in [-0.25, -0.2) is 0 Å². The fourth-order valence-corrected chi connectivity index (χ4v) is 1.94. The van der Waals surface area contributed by atoms with Crippen molar-refractivity contribution in [1.82, 2.24) is 0 Å². The maximum Gasteiger partial charge on any atom is 0.145 e. The van der Waals surface area contributed by atoms with Crippen LogP contribution in [0.1, 0.15) is 45.1 Å². The molecule has 17 heavy (non-hydrogen) atoms. The first kappa shape index (κ1) is 14.2. The van der Waals surface area contributed by atoms with Crippen molar-refractivity contribution >= 4 is 17.3 Å². The first-order valence-corrected chi connectivity index (χ1v) is 6.61. The van der Waals surface area contributed by atoms with Gasteiger partial charge in [0, 0.05) is 17.6 Å². The Labute approximate surface area is 109 Å². The highest BCUT2D eigenvalue weighted by Gasteiger charge is 2.13. The Morgan fingerprint density at radius 3 is 2.59 bits per heavy atom. The predicted molar refractivity (Wildman–Crippen MR) is 75.5 cm³/mol. The monoisotopic (exact) mass is 255 g/mol. The summed E-state index contributed by atoms with van der Waals surface area (Å²) in [6.45, 7) is 7.22. The van der Waals surface area contributed by atoms with E-state index in [2.05, 4.69) is 26.1 Å². The maximum atomic E-state index is 6.11. The van der Waals surface area contributed by atoms with Crippen LogP contribution in [0, 0.1) is 0 Å². The number of unbranched alkanes of at least 4 members (excludes halogenated alkanes) is 1. The summed E-state index contributed by atoms with van der Waals surface area (Å²) in [4.78, 5) is 0. The van der Waals surface area contributed by atoms with Crippen LogP contribution in [0.25, 0.3) is 0 Å². The zero-order valence-corrected chi connectivity index (χ0v) is 11.9. The van der Waals surface area contributed by atoms with E-state index in [0.29, 0.717) is 5.92 Å². The van der Waals surface area contributed by atoms with E-state index >= 15 is 0 Å². The lowest BCUT2D eigenvalue weighted by molar-refractivity contribution is 0.306. The molecule has 0 saturated heterocycles. The van der Waals surface area contributed by atoms with Gasteiger partial charge in [-0.05, 0) is 24.5 Å². The van der Waals surface area contributed by atoms with Crippen LogP contribution in [0.4, 0.5) is 5.69 Å². The molecule has 0 saturated carbocycles. The van der Waals surface area contributed by atoms with E-state index in [1.165, 1.54) is 0 Å². The minimum Gasteiger partial charge on any atom is -0.491 e. The van der Waals surface area contributed by atoms with Gasteiger partial charge in [-0.2, -0.15) is 0 Å². The third kappa shape index (κ3) is 3.81. The normalized spacial score (nSPS) is 10.7. The molecule has 0 heterocycles. The Morgan fingerprint density at radius 1 is 1.35 bits per heavy atom. The van der Waals surface area contributed by atoms with E-state index in [-0.39, 0.29) is 0 Å². The van der Waals surface area contributed by atoms with Crippen molar-refractivity contribution in [2.45, 2.75) is 39.5 Å². The molecule has 0 radical (unpaired) electrons. The van der Waals surface area contributed by atoms with E-state index in [1.54, 1.807) is 0 Å². The van der Waals surface area contributed by atoms with Crippen molar-refractivity contribution in [1.29, 1.82) is 0 Å². The molecular formula is C14H22ClNO. The molecule has 0 amide bonds. The van der Waals surface area contributed by atoms with E-state index < -0.39 is 0 Å². The average Bonchev–Trinajstić information content (AvgIpc) is 2.30. The molecule has 0 spiro atoms. The second-order valence-corrected chi connectivity index (χ2v) is 4.91. The molecule has 1 N–H and O–H groups in total. The van der Waals surface area contributed by atoms with Crippen LogP contribution in [0.2, 0.25) is 5.02 Å². The van der Waals surface area contributed by atoms with Crippen LogP contribution in [0.3, 0.4) is 0 Å². The van der Waals surface area contributed by atoms with E-state index in [9.17, 15) is 0 Å². The van der Waals surface area contributed by atoms with Crippen LogP contribution in [-0.4, -0.2) is 13.7 Å². The van der Waals surface area contributed by atoms with Crippen molar-refractivity contribution in [2.24, 2.45) is 0 Å².